The van der Waals surface area contributed by atoms with Gasteiger partial charge < -0.3 is 13.8 Å². The van der Waals surface area contributed by atoms with Crippen molar-refractivity contribution in [3.05, 3.63) is 86.9 Å². The van der Waals surface area contributed by atoms with E-state index in [0.717, 1.165) is 0 Å². The summed E-state index contributed by atoms with van der Waals surface area (Å²) in [5.74, 6) is -92.3. The third-order valence-corrected chi connectivity index (χ3v) is 9.55. The fraction of sp³-hybridized carbons (Fsp3) is 0.300. The van der Waals surface area contributed by atoms with E-state index in [2.05, 4.69) is 0 Å². The van der Waals surface area contributed by atoms with Crippen molar-refractivity contribution in [2.75, 3.05) is 0 Å². The summed E-state index contributed by atoms with van der Waals surface area (Å²) >= 11 is 0. The van der Waals surface area contributed by atoms with Crippen molar-refractivity contribution >= 4 is 39.8 Å². The number of hydrogen-bond donors (Lipinski definition) is 0. The molecule has 0 saturated heterocycles. The van der Waals surface area contributed by atoms with Crippen molar-refractivity contribution < 1.29 is 145 Å². The second-order valence-corrected chi connectivity index (χ2v) is 13.6. The Bertz CT molecular complexity index is 2840. The molecule has 6 nitrogen and oxygen atoms in total. The van der Waals surface area contributed by atoms with E-state index in [1.165, 1.54) is 0 Å². The first-order valence-corrected chi connectivity index (χ1v) is 16.5. The van der Waals surface area contributed by atoms with Crippen LogP contribution in [-0.4, -0.2) is 72.5 Å². The van der Waals surface area contributed by atoms with Crippen LogP contribution in [0.4, 0.5) is 145 Å². The topological polar surface area (TPSA) is 53.5 Å². The molecular formula is C30BF33N6-. The predicted octanol–water partition coefficient (Wildman–Crippen LogP) is 12.2. The van der Waals surface area contributed by atoms with Crippen molar-refractivity contribution in [1.82, 2.24) is 29.1 Å². The molecule has 70 heavy (non-hydrogen) atoms. The average Bonchev–Trinajstić information content (AvgIpc) is 3.95. The van der Waals surface area contributed by atoms with Crippen molar-refractivity contribution in [1.29, 1.82) is 0 Å². The highest BCUT2D eigenvalue weighted by atomic mass is 19.4. The molecule has 0 aliphatic rings. The molecule has 6 rings (SSSR count). The zero-order valence-corrected chi connectivity index (χ0v) is 30.7. The summed E-state index contributed by atoms with van der Waals surface area (Å²) in [6.07, 6.45) is -23.5. The number of benzene rings is 3. The van der Waals surface area contributed by atoms with E-state index in [9.17, 15) is 92.2 Å². The van der Waals surface area contributed by atoms with E-state index in [1.807, 2.05) is 15.3 Å². The van der Waals surface area contributed by atoms with Gasteiger partial charge in [0, 0.05) is 0 Å². The van der Waals surface area contributed by atoms with Crippen LogP contribution in [0.3, 0.4) is 0 Å². The molecule has 0 bridgehead atoms. The van der Waals surface area contributed by atoms with Gasteiger partial charge in [0.25, 0.3) is 7.12 Å². The van der Waals surface area contributed by atoms with E-state index in [1.54, 1.807) is 0 Å². The minimum atomic E-state index is -7.98. The van der Waals surface area contributed by atoms with E-state index in [4.69, 9.17) is 0 Å². The SMILES string of the molecule is Fc1c(F)c(F)c2c(c(C(F)(F)C(F)(F)C(F)(F)F)nn2[B-](n2nc(C(F)(F)C(F)(F)C(F)(F)F)c3c(F)c(F)c(F)c(F)c32)n2nc(C(F)(F)C(F)(F)C(F)(F)F)c3c(F)c(F)c(F)c(F)c32)c1F. The van der Waals surface area contributed by atoms with Gasteiger partial charge in [0.1, 0.15) is 17.1 Å². The third-order valence-electron chi connectivity index (χ3n) is 9.55. The lowest BCUT2D eigenvalue weighted by atomic mass is 9.92. The van der Waals surface area contributed by atoms with Crippen molar-refractivity contribution in [2.24, 2.45) is 0 Å². The van der Waals surface area contributed by atoms with Crippen LogP contribution in [0.15, 0.2) is 0 Å². The third kappa shape index (κ3) is 6.62. The van der Waals surface area contributed by atoms with E-state index >= 15 is 52.7 Å². The molecule has 385 valence electrons. The highest BCUT2D eigenvalue weighted by Crippen LogP contribution is 2.57. The molecular weight excluding hydrogens is 1080 g/mol. The summed E-state index contributed by atoms with van der Waals surface area (Å²) in [7, 11) is -5.29. The fourth-order valence-electron chi connectivity index (χ4n) is 6.23. The average molecular weight is 1080 g/mol. The van der Waals surface area contributed by atoms with E-state index < -0.39 is 195 Å². The quantitative estimate of drug-likeness (QED) is 0.0627. The molecule has 0 aliphatic carbocycles. The van der Waals surface area contributed by atoms with Gasteiger partial charge in [-0.1, -0.05) is 0 Å². The number of fused-ring (bicyclic) bond motifs is 3. The van der Waals surface area contributed by atoms with Crippen LogP contribution in [0.25, 0.3) is 32.7 Å². The normalized spacial score (nSPS) is 14.5. The highest BCUT2D eigenvalue weighted by molar-refractivity contribution is 6.56. The van der Waals surface area contributed by atoms with Crippen molar-refractivity contribution in [2.45, 2.75) is 54.1 Å². The first-order chi connectivity index (χ1) is 31.2. The molecule has 0 unspecified atom stereocenters. The summed E-state index contributed by atoms with van der Waals surface area (Å²) in [5.41, 5.74) is -22.8. The van der Waals surface area contributed by atoms with Crippen LogP contribution < -0.4 is 0 Å². The lowest BCUT2D eigenvalue weighted by Gasteiger charge is -2.33. The molecule has 0 fully saturated rings. The number of halogens is 33. The summed E-state index contributed by atoms with van der Waals surface area (Å²) in [6.45, 7) is 0. The van der Waals surface area contributed by atoms with Gasteiger partial charge in [-0.25, -0.2) is 68.0 Å². The van der Waals surface area contributed by atoms with Gasteiger partial charge in [0.15, 0.2) is 69.8 Å². The lowest BCUT2D eigenvalue weighted by Crippen LogP contribution is -2.51. The van der Waals surface area contributed by atoms with Gasteiger partial charge in [-0.15, -0.1) is 0 Å². The Kier molecular flexibility index (Phi) is 11.5. The van der Waals surface area contributed by atoms with Gasteiger partial charge in [-0.2, -0.15) is 92.2 Å². The molecule has 0 saturated carbocycles. The minimum absolute atomic E-state index is 1.87. The molecule has 6 aromatic rings. The smallest absolute Gasteiger partial charge is 0.416 e. The first-order valence-electron chi connectivity index (χ1n) is 16.5. The van der Waals surface area contributed by atoms with Crippen LogP contribution in [0.1, 0.15) is 17.1 Å². The van der Waals surface area contributed by atoms with Gasteiger partial charge in [0.2, 0.25) is 0 Å². The van der Waals surface area contributed by atoms with Crippen molar-refractivity contribution in [3.8, 4) is 0 Å². The molecule has 3 aromatic heterocycles. The Morgan fingerprint density at radius 1 is 0.257 bits per heavy atom. The predicted molar refractivity (Wildman–Crippen MR) is 155 cm³/mol. The Morgan fingerprint density at radius 2 is 0.429 bits per heavy atom. The zero-order chi connectivity index (χ0) is 54.1. The van der Waals surface area contributed by atoms with Crippen LogP contribution in [0.2, 0.25) is 0 Å². The lowest BCUT2D eigenvalue weighted by molar-refractivity contribution is -0.360. The summed E-state index contributed by atoms with van der Waals surface area (Å²) < 4.78 is 476. The molecule has 0 amide bonds. The Labute approximate surface area is 355 Å². The summed E-state index contributed by atoms with van der Waals surface area (Å²) in [5, 5.41) is -5.11. The summed E-state index contributed by atoms with van der Waals surface area (Å²) in [6, 6.07) is 0. The molecule has 0 N–H and O–H groups in total. The largest absolute Gasteiger partial charge is 0.460 e. The maximum absolute atomic E-state index is 15.8. The van der Waals surface area contributed by atoms with Gasteiger partial charge in [0.05, 0.1) is 32.7 Å². The highest BCUT2D eigenvalue weighted by Gasteiger charge is 2.77. The summed E-state index contributed by atoms with van der Waals surface area (Å²) in [4.78, 5) is 0. The first kappa shape index (κ1) is 53.2. The van der Waals surface area contributed by atoms with Crippen LogP contribution in [0.5, 0.6) is 0 Å². The fourth-order valence-corrected chi connectivity index (χ4v) is 6.23. The minimum Gasteiger partial charge on any atom is -0.416 e. The van der Waals surface area contributed by atoms with E-state index in [-0.39, 0.29) is 0 Å². The number of nitrogens with zero attached hydrogens (tertiary/aromatic N) is 6. The van der Waals surface area contributed by atoms with E-state index in [0.29, 0.717) is 0 Å². The van der Waals surface area contributed by atoms with Crippen LogP contribution >= 0.6 is 0 Å². The van der Waals surface area contributed by atoms with Gasteiger partial charge in [-0.3, -0.25) is 0 Å². The standard InChI is InChI=1S/C30BF33N6/c32-4-1-16(13(41)10(38)7(4)35)68(65-19(1)22(44,45)25(50,51)28(56,57)58)31(69-17-2(5(33)8(36)11(39)14(17)42)20(66-69)23(46,47)26(52,53)29(59,60)61)70-18-3(6(34)9(37)12(40)15(18)43)21(67-70)24(48,49)27(54,55)30(62,63)64/q-1. The number of rotatable bonds is 9. The second kappa shape index (κ2) is 15.2. The molecule has 0 atom stereocenters. The number of hydrogen-bond acceptors (Lipinski definition) is 3. The molecule has 3 heterocycles. The molecule has 3 aromatic carbocycles. The van der Waals surface area contributed by atoms with Gasteiger partial charge >= 0.3 is 54.1 Å². The zero-order valence-electron chi connectivity index (χ0n) is 30.7. The second-order valence-electron chi connectivity index (χ2n) is 13.6. The molecule has 0 spiro atoms. The number of alkyl halides is 21. The number of aromatic nitrogens is 6. The molecule has 0 aliphatic heterocycles. The van der Waals surface area contributed by atoms with Crippen LogP contribution in [-0.2, 0) is 17.8 Å². The maximum Gasteiger partial charge on any atom is 0.460 e. The molecule has 40 heteroatoms. The maximum atomic E-state index is 15.8. The van der Waals surface area contributed by atoms with Crippen molar-refractivity contribution in [3.63, 3.8) is 0 Å². The van der Waals surface area contributed by atoms with Crippen LogP contribution in [0, 0.1) is 69.8 Å². The Balaban J connectivity index is 2.06. The van der Waals surface area contributed by atoms with Gasteiger partial charge in [-0.05, 0) is 0 Å². The Morgan fingerprint density at radius 3 is 0.600 bits per heavy atom. The monoisotopic (exact) mass is 1080 g/mol. The Hall–Kier alpha value is -6.18. The molecule has 1 radical (unpaired) electrons.